The zero-order chi connectivity index (χ0) is 24.8. The first-order chi connectivity index (χ1) is 18.9. The third-order valence-corrected chi connectivity index (χ3v) is 8.26. The van der Waals surface area contributed by atoms with Gasteiger partial charge in [-0.2, -0.15) is 0 Å². The van der Waals surface area contributed by atoms with Crippen LogP contribution in [0.25, 0.3) is 81.6 Å². The summed E-state index contributed by atoms with van der Waals surface area (Å²) in [6, 6.07) is 46.2. The molecule has 2 heterocycles. The Morgan fingerprint density at radius 1 is 0.395 bits per heavy atom. The molecule has 0 spiro atoms. The number of nitrogens with one attached hydrogen (secondary N) is 1. The van der Waals surface area contributed by atoms with Crippen LogP contribution in [0.3, 0.4) is 0 Å². The lowest BCUT2D eigenvalue weighted by Crippen LogP contribution is -1.95. The van der Waals surface area contributed by atoms with Crippen molar-refractivity contribution in [2.45, 2.75) is 0 Å². The van der Waals surface area contributed by atoms with Crippen molar-refractivity contribution in [1.29, 1.82) is 0 Å². The highest BCUT2D eigenvalue weighted by Crippen LogP contribution is 2.48. The van der Waals surface area contributed by atoms with Crippen LogP contribution in [0.2, 0.25) is 0 Å². The van der Waals surface area contributed by atoms with Crippen LogP contribution in [-0.4, -0.2) is 9.55 Å². The number of benzene rings is 7. The zero-order valence-corrected chi connectivity index (χ0v) is 20.6. The summed E-state index contributed by atoms with van der Waals surface area (Å²) in [4.78, 5) is 3.85. The number of rotatable bonds is 1. The largest absolute Gasteiger partial charge is 0.354 e. The van der Waals surface area contributed by atoms with Crippen molar-refractivity contribution < 1.29 is 0 Å². The van der Waals surface area contributed by atoms with Gasteiger partial charge in [-0.15, -0.1) is 0 Å². The second-order valence-electron chi connectivity index (χ2n) is 10.2. The second kappa shape index (κ2) is 7.24. The van der Waals surface area contributed by atoms with Gasteiger partial charge in [-0.3, -0.25) is 0 Å². The molecule has 9 rings (SSSR count). The number of nitrogens with zero attached hydrogens (tertiary/aromatic N) is 1. The minimum atomic E-state index is 1.17. The SMILES string of the molecule is c1ccc(-n2c3ccccc3c3c4ccccc4c4c5[nH]c6ccccc6c5c5ccccc5c4c32)cc1. The summed E-state index contributed by atoms with van der Waals surface area (Å²) in [6.45, 7) is 0. The van der Waals surface area contributed by atoms with E-state index in [0.717, 1.165) is 0 Å². The molecule has 176 valence electrons. The predicted octanol–water partition coefficient (Wildman–Crippen LogP) is 9.88. The third kappa shape index (κ3) is 2.42. The third-order valence-electron chi connectivity index (χ3n) is 8.26. The summed E-state index contributed by atoms with van der Waals surface area (Å²) in [5, 5.41) is 12.9. The maximum absolute atomic E-state index is 3.85. The van der Waals surface area contributed by atoms with E-state index in [1.165, 1.54) is 81.6 Å². The molecule has 0 aliphatic rings. The molecule has 2 heteroatoms. The monoisotopic (exact) mass is 482 g/mol. The van der Waals surface area contributed by atoms with Gasteiger partial charge < -0.3 is 9.55 Å². The molecule has 2 aromatic heterocycles. The number of aromatic nitrogens is 2. The fourth-order valence-corrected chi connectivity index (χ4v) is 6.82. The molecule has 2 nitrogen and oxygen atoms in total. The van der Waals surface area contributed by atoms with Gasteiger partial charge in [-0.1, -0.05) is 103 Å². The van der Waals surface area contributed by atoms with Gasteiger partial charge in [0.1, 0.15) is 0 Å². The molecule has 0 saturated heterocycles. The van der Waals surface area contributed by atoms with Gasteiger partial charge in [0.15, 0.2) is 0 Å². The van der Waals surface area contributed by atoms with E-state index < -0.39 is 0 Å². The molecular weight excluding hydrogens is 460 g/mol. The summed E-state index contributed by atoms with van der Waals surface area (Å²) in [7, 11) is 0. The number of para-hydroxylation sites is 3. The smallest absolute Gasteiger partial charge is 0.0632 e. The van der Waals surface area contributed by atoms with E-state index in [1.807, 2.05) is 0 Å². The Labute approximate surface area is 218 Å². The molecule has 0 amide bonds. The average molecular weight is 483 g/mol. The van der Waals surface area contributed by atoms with Gasteiger partial charge in [0, 0.05) is 43.5 Å². The van der Waals surface area contributed by atoms with Crippen LogP contribution in [-0.2, 0) is 0 Å². The van der Waals surface area contributed by atoms with Crippen molar-refractivity contribution in [1.82, 2.24) is 9.55 Å². The van der Waals surface area contributed by atoms with Crippen LogP contribution in [0.15, 0.2) is 127 Å². The van der Waals surface area contributed by atoms with E-state index in [1.54, 1.807) is 0 Å². The normalized spacial score (nSPS) is 12.2. The molecule has 38 heavy (non-hydrogen) atoms. The Morgan fingerprint density at radius 2 is 0.921 bits per heavy atom. The van der Waals surface area contributed by atoms with E-state index in [2.05, 4.69) is 137 Å². The average Bonchev–Trinajstić information content (AvgIpc) is 3.54. The van der Waals surface area contributed by atoms with Gasteiger partial charge in [0.2, 0.25) is 0 Å². The summed E-state index contributed by atoms with van der Waals surface area (Å²) in [5.74, 6) is 0. The van der Waals surface area contributed by atoms with Gasteiger partial charge in [0.25, 0.3) is 0 Å². The topological polar surface area (TPSA) is 20.7 Å². The highest BCUT2D eigenvalue weighted by Gasteiger charge is 2.23. The van der Waals surface area contributed by atoms with Gasteiger partial charge >= 0.3 is 0 Å². The van der Waals surface area contributed by atoms with Crippen LogP contribution in [0.4, 0.5) is 0 Å². The molecule has 0 aliphatic carbocycles. The minimum Gasteiger partial charge on any atom is -0.354 e. The second-order valence-corrected chi connectivity index (χ2v) is 10.2. The number of hydrogen-bond acceptors (Lipinski definition) is 0. The van der Waals surface area contributed by atoms with E-state index in [4.69, 9.17) is 0 Å². The standard InChI is InChI=1S/C36H22N2/c1-2-12-22(13-3-1)38-30-21-11-9-19-28(30)32-24-15-5-6-16-25(24)33-34(36(32)38)26-17-7-4-14-23(26)31-27-18-8-10-20-29(27)37-35(31)33/h1-21,37H. The molecular formula is C36H22N2. The fourth-order valence-electron chi connectivity index (χ4n) is 6.82. The molecule has 0 saturated carbocycles. The molecule has 0 bridgehead atoms. The Balaban J connectivity index is 1.73. The Hall–Kier alpha value is -5.08. The van der Waals surface area contributed by atoms with Gasteiger partial charge in [0.05, 0.1) is 16.6 Å². The van der Waals surface area contributed by atoms with E-state index in [0.29, 0.717) is 0 Å². The van der Waals surface area contributed by atoms with Crippen molar-refractivity contribution in [2.24, 2.45) is 0 Å². The van der Waals surface area contributed by atoms with Crippen molar-refractivity contribution in [3.63, 3.8) is 0 Å². The zero-order valence-electron chi connectivity index (χ0n) is 20.6. The van der Waals surface area contributed by atoms with Crippen molar-refractivity contribution in [3.05, 3.63) is 127 Å². The van der Waals surface area contributed by atoms with Gasteiger partial charge in [-0.25, -0.2) is 0 Å². The Kier molecular flexibility index (Phi) is 3.82. The lowest BCUT2D eigenvalue weighted by Gasteiger charge is -2.15. The number of H-pyrrole nitrogens is 1. The van der Waals surface area contributed by atoms with Crippen molar-refractivity contribution in [2.75, 3.05) is 0 Å². The lowest BCUT2D eigenvalue weighted by molar-refractivity contribution is 1.19. The molecule has 9 aromatic rings. The highest BCUT2D eigenvalue weighted by molar-refractivity contribution is 6.43. The predicted molar refractivity (Wildman–Crippen MR) is 163 cm³/mol. The highest BCUT2D eigenvalue weighted by atomic mass is 15.0. The maximum atomic E-state index is 3.85. The summed E-state index contributed by atoms with van der Waals surface area (Å²) in [5.41, 5.74) is 6.06. The number of fused-ring (bicyclic) bond motifs is 15. The quantitative estimate of drug-likeness (QED) is 0.225. The van der Waals surface area contributed by atoms with E-state index in [9.17, 15) is 0 Å². The molecule has 0 atom stereocenters. The fraction of sp³-hybridized carbons (Fsp3) is 0. The Morgan fingerprint density at radius 3 is 1.66 bits per heavy atom. The first-order valence-corrected chi connectivity index (χ1v) is 13.1. The maximum Gasteiger partial charge on any atom is 0.0632 e. The molecule has 0 fully saturated rings. The van der Waals surface area contributed by atoms with E-state index >= 15 is 0 Å². The van der Waals surface area contributed by atoms with Crippen LogP contribution >= 0.6 is 0 Å². The first-order valence-electron chi connectivity index (χ1n) is 13.1. The summed E-state index contributed by atoms with van der Waals surface area (Å²) >= 11 is 0. The summed E-state index contributed by atoms with van der Waals surface area (Å²) in [6.07, 6.45) is 0. The molecule has 1 N–H and O–H groups in total. The Bertz CT molecular complexity index is 2390. The minimum absolute atomic E-state index is 1.17. The number of aromatic amines is 1. The number of hydrogen-bond donors (Lipinski definition) is 1. The van der Waals surface area contributed by atoms with Crippen LogP contribution in [0.5, 0.6) is 0 Å². The summed E-state index contributed by atoms with van der Waals surface area (Å²) < 4.78 is 2.47. The molecule has 0 aliphatic heterocycles. The van der Waals surface area contributed by atoms with Crippen molar-refractivity contribution in [3.8, 4) is 5.69 Å². The molecule has 0 radical (unpaired) electrons. The van der Waals surface area contributed by atoms with Crippen LogP contribution in [0, 0.1) is 0 Å². The van der Waals surface area contributed by atoms with E-state index in [-0.39, 0.29) is 0 Å². The lowest BCUT2D eigenvalue weighted by atomic mass is 9.90. The van der Waals surface area contributed by atoms with Gasteiger partial charge in [-0.05, 0) is 45.8 Å². The van der Waals surface area contributed by atoms with Crippen LogP contribution in [0.1, 0.15) is 0 Å². The first kappa shape index (κ1) is 20.0. The van der Waals surface area contributed by atoms with Crippen molar-refractivity contribution >= 4 is 75.9 Å². The van der Waals surface area contributed by atoms with Crippen LogP contribution < -0.4 is 0 Å². The molecule has 7 aromatic carbocycles. The molecule has 0 unspecified atom stereocenters.